The summed E-state index contributed by atoms with van der Waals surface area (Å²) in [7, 11) is 2.53. The van der Waals surface area contributed by atoms with Gasteiger partial charge in [0.2, 0.25) is 11.8 Å². The molecule has 1 aromatic carbocycles. The van der Waals surface area contributed by atoms with Crippen molar-refractivity contribution in [2.45, 2.75) is 76.7 Å². The number of thiazole rings is 1. The SMILES string of the molecule is CCC(CC)(CCN1CCN(C(=O)CC2=C(C(=O)OC)C(c3c(Cl)cccc3Cl)C(C(=O)OC)=C(CCc3nccs3)N2)CC1)N1CCCC1=O. The summed E-state index contributed by atoms with van der Waals surface area (Å²) in [6, 6.07) is 4.96. The maximum atomic E-state index is 14.0. The zero-order chi connectivity index (χ0) is 36.7. The minimum absolute atomic E-state index is 0.0739. The topological polar surface area (TPSA) is 121 Å². The van der Waals surface area contributed by atoms with Gasteiger partial charge in [-0.15, -0.1) is 11.3 Å². The van der Waals surface area contributed by atoms with Crippen LogP contribution in [0.2, 0.25) is 10.0 Å². The third kappa shape index (κ3) is 8.45. The Hall–Kier alpha value is -3.45. The van der Waals surface area contributed by atoms with Crippen LogP contribution in [0.1, 0.15) is 75.3 Å². The first-order valence-electron chi connectivity index (χ1n) is 17.6. The van der Waals surface area contributed by atoms with Gasteiger partial charge in [0, 0.05) is 96.2 Å². The zero-order valence-electron chi connectivity index (χ0n) is 29.8. The molecule has 0 spiro atoms. The molecule has 0 radical (unpaired) electrons. The number of likely N-dealkylation sites (tertiary alicyclic amines) is 1. The van der Waals surface area contributed by atoms with Gasteiger partial charge in [0.15, 0.2) is 0 Å². The first kappa shape index (κ1) is 38.8. The highest BCUT2D eigenvalue weighted by Crippen LogP contribution is 2.46. The number of dihydropyridines is 1. The van der Waals surface area contributed by atoms with Crippen molar-refractivity contribution in [3.8, 4) is 0 Å². The van der Waals surface area contributed by atoms with Crippen molar-refractivity contribution in [1.82, 2.24) is 25.0 Å². The lowest BCUT2D eigenvalue weighted by molar-refractivity contribution is -0.137. The van der Waals surface area contributed by atoms with Crippen molar-refractivity contribution in [3.05, 3.63) is 72.9 Å². The van der Waals surface area contributed by atoms with Crippen LogP contribution in [0, 0.1) is 0 Å². The molecule has 1 atom stereocenters. The predicted octanol–water partition coefficient (Wildman–Crippen LogP) is 5.73. The Labute approximate surface area is 313 Å². The molecule has 0 saturated carbocycles. The fourth-order valence-electron chi connectivity index (χ4n) is 7.65. The van der Waals surface area contributed by atoms with E-state index in [9.17, 15) is 19.2 Å². The van der Waals surface area contributed by atoms with Crippen molar-refractivity contribution >= 4 is 58.3 Å². The number of benzene rings is 1. The van der Waals surface area contributed by atoms with E-state index in [1.807, 2.05) is 10.3 Å². The van der Waals surface area contributed by atoms with Crippen molar-refractivity contribution in [2.75, 3.05) is 53.5 Å². The summed E-state index contributed by atoms with van der Waals surface area (Å²) >= 11 is 15.0. The van der Waals surface area contributed by atoms with E-state index in [1.165, 1.54) is 25.6 Å². The number of ether oxygens (including phenoxy) is 2. The molecule has 3 aliphatic rings. The lowest BCUT2D eigenvalue weighted by Gasteiger charge is -2.43. The predicted molar refractivity (Wildman–Crippen MR) is 197 cm³/mol. The number of allylic oxidation sites excluding steroid dienone is 1. The smallest absolute Gasteiger partial charge is 0.336 e. The lowest BCUT2D eigenvalue weighted by atomic mass is 9.78. The van der Waals surface area contributed by atoms with Gasteiger partial charge in [-0.1, -0.05) is 43.1 Å². The number of amides is 2. The second-order valence-corrected chi connectivity index (χ2v) is 14.9. The minimum atomic E-state index is -1.06. The number of aryl methyl sites for hydroxylation is 1. The number of aromatic nitrogens is 1. The van der Waals surface area contributed by atoms with E-state index in [1.54, 1.807) is 24.4 Å². The standard InChI is InChI=1S/C37H47Cl2N5O6S/c1-5-37(6-2,44-16-8-11-29(44)45)14-17-42-18-20-43(21-19-42)30(46)23-27-33(36(48)50-4)34(31-24(38)9-7-10-25(31)39)32(35(47)49-3)26(41-27)12-13-28-40-15-22-51-28/h7,9-10,15,22,34,41H,5-6,8,11-14,16-21,23H2,1-4H3. The first-order valence-corrected chi connectivity index (χ1v) is 19.2. The zero-order valence-corrected chi connectivity index (χ0v) is 32.1. The van der Waals surface area contributed by atoms with Crippen LogP contribution in [0.15, 0.2) is 52.3 Å². The molecule has 0 bridgehead atoms. The van der Waals surface area contributed by atoms with Crippen LogP contribution in [0.5, 0.6) is 0 Å². The average molecular weight is 761 g/mol. The Bertz CT molecular complexity index is 1650. The molecule has 2 saturated heterocycles. The molecule has 1 N–H and O–H groups in total. The molecule has 1 aromatic heterocycles. The summed E-state index contributed by atoms with van der Waals surface area (Å²) in [4.78, 5) is 64.6. The van der Waals surface area contributed by atoms with E-state index < -0.39 is 17.9 Å². The second-order valence-electron chi connectivity index (χ2n) is 13.1. The molecule has 2 aromatic rings. The van der Waals surface area contributed by atoms with Crippen LogP contribution in [0.25, 0.3) is 0 Å². The summed E-state index contributed by atoms with van der Waals surface area (Å²) in [5.41, 5.74) is 1.26. The normalized spacial score (nSPS) is 18.7. The molecule has 2 amide bonds. The molecule has 1 unspecified atom stereocenters. The van der Waals surface area contributed by atoms with Gasteiger partial charge in [0.1, 0.15) is 0 Å². The van der Waals surface area contributed by atoms with Crippen molar-refractivity contribution in [2.24, 2.45) is 0 Å². The summed E-state index contributed by atoms with van der Waals surface area (Å²) in [5, 5.41) is 6.55. The Morgan fingerprint density at radius 2 is 1.61 bits per heavy atom. The van der Waals surface area contributed by atoms with Crippen molar-refractivity contribution < 1.29 is 28.7 Å². The van der Waals surface area contributed by atoms with Crippen molar-refractivity contribution in [1.29, 1.82) is 0 Å². The van der Waals surface area contributed by atoms with Gasteiger partial charge in [-0.2, -0.15) is 0 Å². The van der Waals surface area contributed by atoms with Crippen LogP contribution in [-0.2, 0) is 35.1 Å². The number of nitrogens with zero attached hydrogens (tertiary/aromatic N) is 4. The number of hydrogen-bond donors (Lipinski definition) is 1. The molecule has 0 aliphatic carbocycles. The molecule has 5 rings (SSSR count). The third-order valence-electron chi connectivity index (χ3n) is 10.6. The number of hydrogen-bond acceptors (Lipinski definition) is 10. The van der Waals surface area contributed by atoms with Crippen LogP contribution in [-0.4, -0.2) is 102 Å². The monoisotopic (exact) mass is 759 g/mol. The number of carbonyl (C=O) groups excluding carboxylic acids is 4. The molecular weight excluding hydrogens is 713 g/mol. The molecular formula is C37H47Cl2N5O6S. The average Bonchev–Trinajstić information content (AvgIpc) is 3.83. The molecule has 276 valence electrons. The summed E-state index contributed by atoms with van der Waals surface area (Å²) in [6.45, 7) is 8.44. The highest BCUT2D eigenvalue weighted by molar-refractivity contribution is 7.09. The van der Waals surface area contributed by atoms with Gasteiger partial charge in [0.25, 0.3) is 0 Å². The van der Waals surface area contributed by atoms with E-state index in [-0.39, 0.29) is 45.0 Å². The fraction of sp³-hybridized carbons (Fsp3) is 0.541. The molecule has 14 heteroatoms. The number of nitrogens with one attached hydrogen (secondary N) is 1. The lowest BCUT2D eigenvalue weighted by Crippen LogP contribution is -2.53. The highest BCUT2D eigenvalue weighted by Gasteiger charge is 2.43. The quantitative estimate of drug-likeness (QED) is 0.241. The number of halogens is 2. The van der Waals surface area contributed by atoms with Gasteiger partial charge < -0.3 is 24.6 Å². The van der Waals surface area contributed by atoms with Gasteiger partial charge in [-0.25, -0.2) is 14.6 Å². The number of carbonyl (C=O) groups is 4. The second kappa shape index (κ2) is 17.4. The van der Waals surface area contributed by atoms with E-state index in [2.05, 4.69) is 33.9 Å². The Morgan fingerprint density at radius 3 is 2.16 bits per heavy atom. The van der Waals surface area contributed by atoms with Crippen LogP contribution in [0.4, 0.5) is 0 Å². The van der Waals surface area contributed by atoms with Gasteiger partial charge in [0.05, 0.1) is 42.7 Å². The molecule has 11 nitrogen and oxygen atoms in total. The highest BCUT2D eigenvalue weighted by atomic mass is 35.5. The molecule has 3 aliphatic heterocycles. The molecule has 2 fully saturated rings. The minimum Gasteiger partial charge on any atom is -0.466 e. The summed E-state index contributed by atoms with van der Waals surface area (Å²) < 4.78 is 10.5. The van der Waals surface area contributed by atoms with E-state index >= 15 is 0 Å². The number of methoxy groups -OCH3 is 2. The number of esters is 2. The van der Waals surface area contributed by atoms with E-state index in [0.29, 0.717) is 62.4 Å². The van der Waals surface area contributed by atoms with E-state index in [4.69, 9.17) is 32.7 Å². The van der Waals surface area contributed by atoms with Gasteiger partial charge >= 0.3 is 11.9 Å². The number of rotatable bonds is 14. The summed E-state index contributed by atoms with van der Waals surface area (Å²) in [6.07, 6.45) is 6.70. The van der Waals surface area contributed by atoms with E-state index in [0.717, 1.165) is 43.8 Å². The Kier molecular flexibility index (Phi) is 13.2. The fourth-order valence-corrected chi connectivity index (χ4v) is 8.89. The van der Waals surface area contributed by atoms with Gasteiger partial charge in [-0.3, -0.25) is 14.5 Å². The van der Waals surface area contributed by atoms with Crippen LogP contribution in [0.3, 0.4) is 0 Å². The molecule has 51 heavy (non-hydrogen) atoms. The summed E-state index contributed by atoms with van der Waals surface area (Å²) in [5.74, 6) is -2.35. The van der Waals surface area contributed by atoms with Crippen LogP contribution >= 0.6 is 34.5 Å². The van der Waals surface area contributed by atoms with Crippen LogP contribution < -0.4 is 5.32 Å². The Morgan fingerprint density at radius 1 is 0.961 bits per heavy atom. The molecule has 4 heterocycles. The Balaban J connectivity index is 1.39. The largest absolute Gasteiger partial charge is 0.466 e. The number of piperazine rings is 1. The maximum Gasteiger partial charge on any atom is 0.336 e. The van der Waals surface area contributed by atoms with Gasteiger partial charge in [-0.05, 0) is 44.2 Å². The van der Waals surface area contributed by atoms with Crippen molar-refractivity contribution in [3.63, 3.8) is 0 Å². The maximum absolute atomic E-state index is 14.0. The first-order chi connectivity index (χ1) is 24.6. The third-order valence-corrected chi connectivity index (χ3v) is 12.1.